The number of rotatable bonds is 2. The quantitative estimate of drug-likeness (QED) is 0.651. The average molecular weight is 414 g/mol. The molecular weight excluding hydrogens is 393 g/mol. The average Bonchev–Trinajstić information content (AvgIpc) is 2.73. The lowest BCUT2D eigenvalue weighted by Crippen LogP contribution is -2.38. The van der Waals surface area contributed by atoms with E-state index in [0.29, 0.717) is 11.1 Å². The first kappa shape index (κ1) is 19.5. The van der Waals surface area contributed by atoms with E-state index in [9.17, 15) is 14.0 Å². The highest BCUT2D eigenvalue weighted by molar-refractivity contribution is 6.31. The van der Waals surface area contributed by atoms with E-state index < -0.39 is 5.82 Å². The number of hydrogen-bond donors (Lipinski definition) is 1. The van der Waals surface area contributed by atoms with Gasteiger partial charge in [-0.05, 0) is 48.9 Å². The summed E-state index contributed by atoms with van der Waals surface area (Å²) >= 11 is 5.82. The third-order valence-corrected chi connectivity index (χ3v) is 5.94. The number of nitrogens with one attached hydrogen (secondary N) is 1. The number of anilines is 1. The summed E-state index contributed by atoms with van der Waals surface area (Å²) in [6, 6.07) is 11.1. The summed E-state index contributed by atoms with van der Waals surface area (Å²) in [6.07, 6.45) is 2.47. The van der Waals surface area contributed by atoms with Crippen LogP contribution in [0.4, 0.5) is 14.9 Å². The molecule has 4 rings (SSSR count). The molecule has 0 radical (unpaired) electrons. The summed E-state index contributed by atoms with van der Waals surface area (Å²) in [6.45, 7) is 0. The number of fused-ring (bicyclic) bond motifs is 3. The Kier molecular flexibility index (Phi) is 5.04. The van der Waals surface area contributed by atoms with Crippen LogP contribution in [0, 0.1) is 5.82 Å². The third-order valence-electron chi connectivity index (χ3n) is 5.65. The van der Waals surface area contributed by atoms with Gasteiger partial charge in [0.1, 0.15) is 5.82 Å². The predicted octanol–water partition coefficient (Wildman–Crippen LogP) is 4.87. The molecule has 7 heteroatoms. The molecule has 1 atom stereocenters. The molecule has 0 fully saturated rings. The van der Waals surface area contributed by atoms with E-state index in [1.54, 1.807) is 23.6 Å². The van der Waals surface area contributed by atoms with Crippen molar-refractivity contribution in [3.8, 4) is 0 Å². The van der Waals surface area contributed by atoms with Gasteiger partial charge < -0.3 is 14.8 Å². The van der Waals surface area contributed by atoms with E-state index in [0.717, 1.165) is 35.9 Å². The number of pyridine rings is 1. The Morgan fingerprint density at radius 1 is 1.24 bits per heavy atom. The Labute approximate surface area is 172 Å². The lowest BCUT2D eigenvalue weighted by atomic mass is 9.86. The first-order valence-corrected chi connectivity index (χ1v) is 9.85. The maximum atomic E-state index is 13.4. The lowest BCUT2D eigenvalue weighted by Gasteiger charge is -2.35. The van der Waals surface area contributed by atoms with Gasteiger partial charge >= 0.3 is 6.03 Å². The highest BCUT2D eigenvalue weighted by atomic mass is 35.5. The molecule has 5 nitrogen and oxygen atoms in total. The Bertz CT molecular complexity index is 1170. The second-order valence-corrected chi connectivity index (χ2v) is 7.76. The van der Waals surface area contributed by atoms with Crippen molar-refractivity contribution in [2.45, 2.75) is 25.3 Å². The SMILES string of the molecule is CN(C(=O)Nc1ccc(F)c(Cl)c1)C1CCCc2c1c1ccccc1c(=O)n2C. The number of halogens is 2. The van der Waals surface area contributed by atoms with Crippen LogP contribution in [0.3, 0.4) is 0 Å². The van der Waals surface area contributed by atoms with Crippen molar-refractivity contribution in [2.24, 2.45) is 7.05 Å². The fourth-order valence-electron chi connectivity index (χ4n) is 4.14. The molecule has 2 amide bonds. The standard InChI is InChI=1S/C22H21ClFN3O2/c1-26-18-8-5-9-19(20(18)14-6-3-4-7-15(14)21(26)28)27(2)22(29)25-13-10-11-17(24)16(23)12-13/h3-4,6-7,10-12,19H,5,8-9H2,1-2H3,(H,25,29). The van der Waals surface area contributed by atoms with Crippen LogP contribution in [-0.2, 0) is 13.5 Å². The van der Waals surface area contributed by atoms with Gasteiger partial charge in [-0.1, -0.05) is 29.8 Å². The second-order valence-electron chi connectivity index (χ2n) is 7.35. The number of urea groups is 1. The Morgan fingerprint density at radius 3 is 2.69 bits per heavy atom. The summed E-state index contributed by atoms with van der Waals surface area (Å²) < 4.78 is 15.1. The molecule has 150 valence electrons. The van der Waals surface area contributed by atoms with Crippen LogP contribution in [0.25, 0.3) is 10.8 Å². The predicted molar refractivity (Wildman–Crippen MR) is 113 cm³/mol. The molecule has 3 aromatic rings. The maximum absolute atomic E-state index is 13.4. The molecule has 0 saturated heterocycles. The number of amides is 2. The van der Waals surface area contributed by atoms with Crippen molar-refractivity contribution < 1.29 is 9.18 Å². The minimum atomic E-state index is -0.536. The molecule has 1 aliphatic carbocycles. The third kappa shape index (κ3) is 3.38. The van der Waals surface area contributed by atoms with Gasteiger partial charge in [-0.25, -0.2) is 9.18 Å². The largest absolute Gasteiger partial charge is 0.322 e. The first-order chi connectivity index (χ1) is 13.9. The normalized spacial score (nSPS) is 15.8. The molecule has 1 heterocycles. The lowest BCUT2D eigenvalue weighted by molar-refractivity contribution is 0.197. The summed E-state index contributed by atoms with van der Waals surface area (Å²) in [7, 11) is 3.52. The molecule has 1 unspecified atom stereocenters. The van der Waals surface area contributed by atoms with Crippen molar-refractivity contribution in [3.63, 3.8) is 0 Å². The zero-order valence-corrected chi connectivity index (χ0v) is 17.0. The number of carbonyl (C=O) groups excluding carboxylic acids is 1. The number of hydrogen-bond acceptors (Lipinski definition) is 2. The number of carbonyl (C=O) groups is 1. The zero-order valence-electron chi connectivity index (χ0n) is 16.2. The van der Waals surface area contributed by atoms with Gasteiger partial charge in [0.25, 0.3) is 5.56 Å². The van der Waals surface area contributed by atoms with Crippen LogP contribution in [0.2, 0.25) is 5.02 Å². The van der Waals surface area contributed by atoms with E-state index in [4.69, 9.17) is 11.6 Å². The molecule has 0 aliphatic heterocycles. The summed E-state index contributed by atoms with van der Waals surface area (Å²) in [5.41, 5.74) is 2.39. The van der Waals surface area contributed by atoms with Crippen molar-refractivity contribution >= 4 is 34.1 Å². The molecule has 0 saturated carbocycles. The second kappa shape index (κ2) is 7.52. The van der Waals surface area contributed by atoms with Gasteiger partial charge in [0.15, 0.2) is 0 Å². The molecule has 1 aliphatic rings. The van der Waals surface area contributed by atoms with Gasteiger partial charge in [0, 0.05) is 36.4 Å². The van der Waals surface area contributed by atoms with Gasteiger partial charge in [0.05, 0.1) is 11.1 Å². The van der Waals surface area contributed by atoms with Gasteiger partial charge in [-0.2, -0.15) is 0 Å². The number of benzene rings is 2. The number of aromatic nitrogens is 1. The molecule has 1 aromatic heterocycles. The van der Waals surface area contributed by atoms with Gasteiger partial charge in [-0.15, -0.1) is 0 Å². The number of nitrogens with zero attached hydrogens (tertiary/aromatic N) is 2. The molecule has 0 spiro atoms. The summed E-state index contributed by atoms with van der Waals surface area (Å²) in [4.78, 5) is 27.3. The van der Waals surface area contributed by atoms with Crippen LogP contribution in [0.15, 0.2) is 47.3 Å². The van der Waals surface area contributed by atoms with Crippen molar-refractivity contribution in [1.29, 1.82) is 0 Å². The molecule has 29 heavy (non-hydrogen) atoms. The van der Waals surface area contributed by atoms with Gasteiger partial charge in [-0.3, -0.25) is 4.79 Å². The van der Waals surface area contributed by atoms with E-state index >= 15 is 0 Å². The molecular formula is C22H21ClFN3O2. The Hall–Kier alpha value is -2.86. The monoisotopic (exact) mass is 413 g/mol. The van der Waals surface area contributed by atoms with Crippen LogP contribution >= 0.6 is 11.6 Å². The highest BCUT2D eigenvalue weighted by Crippen LogP contribution is 2.37. The molecule has 1 N–H and O–H groups in total. The topological polar surface area (TPSA) is 54.3 Å². The van der Waals surface area contributed by atoms with Crippen LogP contribution in [0.1, 0.15) is 30.1 Å². The Balaban J connectivity index is 1.73. The van der Waals surface area contributed by atoms with E-state index in [1.807, 2.05) is 24.3 Å². The fourth-order valence-corrected chi connectivity index (χ4v) is 4.32. The minimum absolute atomic E-state index is 0.0203. The fraction of sp³-hybridized carbons (Fsp3) is 0.273. The Morgan fingerprint density at radius 2 is 1.97 bits per heavy atom. The first-order valence-electron chi connectivity index (χ1n) is 9.48. The van der Waals surface area contributed by atoms with Gasteiger partial charge in [0.2, 0.25) is 0 Å². The van der Waals surface area contributed by atoms with E-state index in [1.165, 1.54) is 18.2 Å². The van der Waals surface area contributed by atoms with Crippen LogP contribution in [0.5, 0.6) is 0 Å². The smallest absolute Gasteiger partial charge is 0.320 e. The van der Waals surface area contributed by atoms with E-state index in [2.05, 4.69) is 5.32 Å². The summed E-state index contributed by atoms with van der Waals surface area (Å²) in [5, 5.41) is 4.27. The minimum Gasteiger partial charge on any atom is -0.320 e. The molecule has 0 bridgehead atoms. The van der Waals surface area contributed by atoms with Crippen LogP contribution in [-0.4, -0.2) is 22.5 Å². The van der Waals surface area contributed by atoms with Crippen molar-refractivity contribution in [2.75, 3.05) is 12.4 Å². The maximum Gasteiger partial charge on any atom is 0.322 e. The van der Waals surface area contributed by atoms with Crippen molar-refractivity contribution in [3.05, 3.63) is 74.9 Å². The summed E-state index contributed by atoms with van der Waals surface area (Å²) in [5.74, 6) is -0.536. The zero-order chi connectivity index (χ0) is 20.7. The van der Waals surface area contributed by atoms with Crippen LogP contribution < -0.4 is 10.9 Å². The van der Waals surface area contributed by atoms with Crippen molar-refractivity contribution in [1.82, 2.24) is 9.47 Å². The molecule has 2 aromatic carbocycles. The van der Waals surface area contributed by atoms with E-state index in [-0.39, 0.29) is 22.7 Å². The highest BCUT2D eigenvalue weighted by Gasteiger charge is 2.30.